The molecule has 11 heteroatoms. The number of rotatable bonds is 16. The normalized spacial score (nSPS) is 21.6. The van der Waals surface area contributed by atoms with Crippen molar-refractivity contribution in [3.63, 3.8) is 0 Å². The van der Waals surface area contributed by atoms with Crippen molar-refractivity contribution in [1.82, 2.24) is 10.2 Å². The Bertz CT molecular complexity index is 959. The zero-order valence-electron chi connectivity index (χ0n) is 22.9. The van der Waals surface area contributed by atoms with Gasteiger partial charge in [0.05, 0.1) is 25.9 Å². The quantitative estimate of drug-likeness (QED) is 0.143. The SMILES string of the molecule is CCOC(=O)C(CCc1ccccc1)NC(C)C(=O)N1C(C(=O)OCCCCCO[N+](=O)[O-])CC2CCCC21. The molecule has 1 amide bonds. The summed E-state index contributed by atoms with van der Waals surface area (Å²) in [6, 6.07) is 7.82. The summed E-state index contributed by atoms with van der Waals surface area (Å²) in [6.45, 7) is 3.93. The van der Waals surface area contributed by atoms with E-state index < -0.39 is 35.2 Å². The van der Waals surface area contributed by atoms with Crippen molar-refractivity contribution in [1.29, 1.82) is 0 Å². The summed E-state index contributed by atoms with van der Waals surface area (Å²) in [5.41, 5.74) is 1.09. The standard InChI is InChI=1S/C28H41N3O8/c1-3-37-27(33)23(16-15-21-11-6-4-7-12-21)29-20(2)26(32)30-24-14-10-13-22(24)19-25(30)28(34)38-17-8-5-9-18-39-31(35)36/h4,6-7,11-12,20,22-25,29H,3,5,8-10,13-19H2,1-2H3. The van der Waals surface area contributed by atoms with E-state index in [4.69, 9.17) is 9.47 Å². The van der Waals surface area contributed by atoms with Crippen LogP contribution in [0.5, 0.6) is 0 Å². The Morgan fingerprint density at radius 1 is 1.10 bits per heavy atom. The van der Waals surface area contributed by atoms with Gasteiger partial charge in [0.15, 0.2) is 0 Å². The molecule has 2 fully saturated rings. The molecule has 1 aliphatic carbocycles. The molecule has 0 spiro atoms. The lowest BCUT2D eigenvalue weighted by Crippen LogP contribution is -2.55. The number of ether oxygens (including phenoxy) is 2. The van der Waals surface area contributed by atoms with E-state index in [1.807, 2.05) is 30.3 Å². The Kier molecular flexibility index (Phi) is 12.0. The van der Waals surface area contributed by atoms with Crippen LogP contribution in [0, 0.1) is 16.0 Å². The highest BCUT2D eigenvalue weighted by atomic mass is 16.9. The predicted molar refractivity (Wildman–Crippen MR) is 142 cm³/mol. The van der Waals surface area contributed by atoms with Crippen molar-refractivity contribution < 1.29 is 33.8 Å². The maximum atomic E-state index is 13.7. The fourth-order valence-corrected chi connectivity index (χ4v) is 5.67. The van der Waals surface area contributed by atoms with Crippen LogP contribution >= 0.6 is 0 Å². The van der Waals surface area contributed by atoms with Gasteiger partial charge in [-0.15, -0.1) is 10.1 Å². The first kappa shape index (κ1) is 30.3. The molecule has 1 N–H and O–H groups in total. The van der Waals surface area contributed by atoms with Gasteiger partial charge in [-0.3, -0.25) is 14.9 Å². The van der Waals surface area contributed by atoms with Crippen LogP contribution in [0.1, 0.15) is 70.8 Å². The number of esters is 2. The number of unbranched alkanes of at least 4 members (excludes halogenated alkanes) is 2. The van der Waals surface area contributed by atoms with Crippen molar-refractivity contribution in [2.75, 3.05) is 19.8 Å². The van der Waals surface area contributed by atoms with Gasteiger partial charge >= 0.3 is 11.9 Å². The highest BCUT2D eigenvalue weighted by Crippen LogP contribution is 2.42. The van der Waals surface area contributed by atoms with E-state index in [0.717, 1.165) is 24.8 Å². The largest absolute Gasteiger partial charge is 0.465 e. The van der Waals surface area contributed by atoms with Gasteiger partial charge in [-0.05, 0) is 76.7 Å². The van der Waals surface area contributed by atoms with Crippen LogP contribution in [0.4, 0.5) is 0 Å². The second kappa shape index (κ2) is 15.4. The molecule has 1 aromatic carbocycles. The zero-order chi connectivity index (χ0) is 28.2. The Morgan fingerprint density at radius 3 is 2.56 bits per heavy atom. The van der Waals surface area contributed by atoms with Crippen LogP contribution in [-0.4, -0.2) is 71.8 Å². The molecule has 0 aromatic heterocycles. The van der Waals surface area contributed by atoms with E-state index in [2.05, 4.69) is 10.2 Å². The Morgan fingerprint density at radius 2 is 1.85 bits per heavy atom. The van der Waals surface area contributed by atoms with E-state index in [0.29, 0.717) is 38.5 Å². The Balaban J connectivity index is 1.58. The second-order valence-electron chi connectivity index (χ2n) is 10.3. The number of likely N-dealkylation sites (tertiary alicyclic amines) is 1. The molecule has 39 heavy (non-hydrogen) atoms. The van der Waals surface area contributed by atoms with Crippen LogP contribution in [0.15, 0.2) is 30.3 Å². The molecule has 1 saturated heterocycles. The first-order valence-corrected chi connectivity index (χ1v) is 14.0. The van der Waals surface area contributed by atoms with Gasteiger partial charge in [-0.25, -0.2) is 4.79 Å². The maximum absolute atomic E-state index is 13.7. The number of carbonyl (C=O) groups is 3. The summed E-state index contributed by atoms with van der Waals surface area (Å²) >= 11 is 0. The van der Waals surface area contributed by atoms with Crippen LogP contribution in [0.3, 0.4) is 0 Å². The summed E-state index contributed by atoms with van der Waals surface area (Å²) in [5, 5.41) is 12.6. The highest BCUT2D eigenvalue weighted by molar-refractivity contribution is 5.89. The van der Waals surface area contributed by atoms with Gasteiger partial charge < -0.3 is 19.2 Å². The van der Waals surface area contributed by atoms with Crippen molar-refractivity contribution in [3.8, 4) is 0 Å². The summed E-state index contributed by atoms with van der Waals surface area (Å²) in [6.07, 6.45) is 6.21. The van der Waals surface area contributed by atoms with Crippen molar-refractivity contribution >= 4 is 17.8 Å². The minimum Gasteiger partial charge on any atom is -0.465 e. The average Bonchev–Trinajstić information content (AvgIpc) is 3.52. The Labute approximate surface area is 229 Å². The number of hydrogen-bond donors (Lipinski definition) is 1. The molecule has 5 atom stereocenters. The smallest absolute Gasteiger partial charge is 0.328 e. The predicted octanol–water partition coefficient (Wildman–Crippen LogP) is 3.22. The fraction of sp³-hybridized carbons (Fsp3) is 0.679. The van der Waals surface area contributed by atoms with Gasteiger partial charge in [-0.2, -0.15) is 0 Å². The Hall–Kier alpha value is -3.21. The van der Waals surface area contributed by atoms with Crippen LogP contribution in [0.25, 0.3) is 0 Å². The molecule has 0 radical (unpaired) electrons. The number of hydrogen-bond acceptors (Lipinski definition) is 9. The lowest BCUT2D eigenvalue weighted by Gasteiger charge is -2.32. The number of aryl methyl sites for hydroxylation is 1. The van der Waals surface area contributed by atoms with E-state index in [1.165, 1.54) is 0 Å². The molecule has 216 valence electrons. The summed E-state index contributed by atoms with van der Waals surface area (Å²) in [5.74, 6) is -0.764. The molecule has 5 unspecified atom stereocenters. The molecule has 1 saturated carbocycles. The first-order valence-electron chi connectivity index (χ1n) is 14.0. The average molecular weight is 548 g/mol. The van der Waals surface area contributed by atoms with Gasteiger partial charge in [0.2, 0.25) is 5.91 Å². The molecule has 3 rings (SSSR count). The summed E-state index contributed by atoms with van der Waals surface area (Å²) < 4.78 is 10.8. The summed E-state index contributed by atoms with van der Waals surface area (Å²) in [4.78, 5) is 55.7. The number of amides is 1. The summed E-state index contributed by atoms with van der Waals surface area (Å²) in [7, 11) is 0. The van der Waals surface area contributed by atoms with Gasteiger partial charge in [0.25, 0.3) is 5.09 Å². The van der Waals surface area contributed by atoms with Crippen LogP contribution in [0.2, 0.25) is 0 Å². The third-order valence-corrected chi connectivity index (χ3v) is 7.55. The molecule has 1 aromatic rings. The molecule has 1 aliphatic heterocycles. The minimum atomic E-state index is -0.823. The number of carbonyl (C=O) groups excluding carboxylic acids is 3. The van der Waals surface area contributed by atoms with Crippen molar-refractivity contribution in [3.05, 3.63) is 46.0 Å². The lowest BCUT2D eigenvalue weighted by molar-refractivity contribution is -0.757. The van der Waals surface area contributed by atoms with E-state index >= 15 is 0 Å². The molecular weight excluding hydrogens is 506 g/mol. The minimum absolute atomic E-state index is 0.0102. The van der Waals surface area contributed by atoms with Gasteiger partial charge in [0.1, 0.15) is 12.1 Å². The van der Waals surface area contributed by atoms with Crippen LogP contribution < -0.4 is 5.32 Å². The highest BCUT2D eigenvalue weighted by Gasteiger charge is 2.50. The van der Waals surface area contributed by atoms with Crippen molar-refractivity contribution in [2.45, 2.75) is 95.8 Å². The molecule has 1 heterocycles. The number of benzene rings is 1. The zero-order valence-corrected chi connectivity index (χ0v) is 22.9. The molecule has 0 bridgehead atoms. The van der Waals surface area contributed by atoms with Gasteiger partial charge in [-0.1, -0.05) is 36.8 Å². The van der Waals surface area contributed by atoms with E-state index in [9.17, 15) is 24.5 Å². The maximum Gasteiger partial charge on any atom is 0.328 e. The molecule has 11 nitrogen and oxygen atoms in total. The first-order chi connectivity index (χ1) is 18.8. The molecular formula is C28H41N3O8. The van der Waals surface area contributed by atoms with Gasteiger partial charge in [0, 0.05) is 6.04 Å². The second-order valence-corrected chi connectivity index (χ2v) is 10.3. The fourth-order valence-electron chi connectivity index (χ4n) is 5.67. The topological polar surface area (TPSA) is 137 Å². The van der Waals surface area contributed by atoms with Crippen LogP contribution in [-0.2, 0) is 35.1 Å². The number of nitrogens with one attached hydrogen (secondary N) is 1. The lowest BCUT2D eigenvalue weighted by atomic mass is 10.0. The molecule has 2 aliphatic rings. The van der Waals surface area contributed by atoms with E-state index in [-0.39, 0.29) is 37.7 Å². The van der Waals surface area contributed by atoms with Crippen molar-refractivity contribution in [2.24, 2.45) is 5.92 Å². The van der Waals surface area contributed by atoms with E-state index in [1.54, 1.807) is 18.7 Å². The number of fused-ring (bicyclic) bond motifs is 1. The third-order valence-electron chi connectivity index (χ3n) is 7.55. The monoisotopic (exact) mass is 547 g/mol. The number of nitrogens with zero attached hydrogens (tertiary/aromatic N) is 2. The third kappa shape index (κ3) is 8.91.